The van der Waals surface area contributed by atoms with Crippen molar-refractivity contribution >= 4 is 11.8 Å². The molecule has 1 spiro atoms. The Hall–Kier alpha value is -3.81. The van der Waals surface area contributed by atoms with Crippen molar-refractivity contribution in [1.82, 2.24) is 9.80 Å². The Balaban J connectivity index is 1.14. The van der Waals surface area contributed by atoms with Crippen LogP contribution < -0.4 is 4.74 Å². The van der Waals surface area contributed by atoms with Crippen LogP contribution in [0.5, 0.6) is 11.5 Å². The van der Waals surface area contributed by atoms with E-state index in [4.69, 9.17) is 4.74 Å². The van der Waals surface area contributed by atoms with Crippen molar-refractivity contribution in [3.8, 4) is 11.5 Å². The highest BCUT2D eigenvalue weighted by Crippen LogP contribution is 2.40. The summed E-state index contributed by atoms with van der Waals surface area (Å²) in [5.41, 5.74) is 1.71. The molecule has 0 atom stereocenters. The quantitative estimate of drug-likeness (QED) is 0.382. The van der Waals surface area contributed by atoms with Gasteiger partial charge in [0.05, 0.1) is 17.5 Å². The second-order valence-electron chi connectivity index (χ2n) is 10.4. The number of carbonyl (C=O) groups excluding carboxylic acids is 2. The van der Waals surface area contributed by atoms with Crippen LogP contribution in [0.1, 0.15) is 53.2 Å². The minimum Gasteiger partial charge on any atom is -0.457 e. The Morgan fingerprint density at radius 1 is 0.895 bits per heavy atom. The van der Waals surface area contributed by atoms with Crippen LogP contribution >= 0.6 is 0 Å². The summed E-state index contributed by atoms with van der Waals surface area (Å²) in [6.07, 6.45) is -3.16. The molecule has 0 aliphatic carbocycles. The van der Waals surface area contributed by atoms with E-state index in [1.54, 1.807) is 29.2 Å². The Morgan fingerprint density at radius 3 is 1.97 bits per heavy atom. The van der Waals surface area contributed by atoms with Crippen LogP contribution in [0.3, 0.4) is 0 Å². The Bertz CT molecular complexity index is 1310. The van der Waals surface area contributed by atoms with Gasteiger partial charge in [0.1, 0.15) is 11.5 Å². The van der Waals surface area contributed by atoms with Crippen molar-refractivity contribution in [1.29, 1.82) is 0 Å². The second-order valence-corrected chi connectivity index (χ2v) is 10.4. The average Bonchev–Trinajstić information content (AvgIpc) is 2.83. The van der Waals surface area contributed by atoms with E-state index in [0.717, 1.165) is 24.1 Å². The number of hydrogen-bond donors (Lipinski definition) is 0. The average molecular weight is 523 g/mol. The first-order chi connectivity index (χ1) is 18.0. The highest BCUT2D eigenvalue weighted by Gasteiger charge is 2.56. The van der Waals surface area contributed by atoms with Gasteiger partial charge in [-0.25, -0.2) is 0 Å². The molecular formula is C30H29F3N2O3. The van der Waals surface area contributed by atoms with Crippen molar-refractivity contribution in [2.45, 2.75) is 44.3 Å². The molecule has 3 aromatic rings. The van der Waals surface area contributed by atoms with E-state index in [9.17, 15) is 22.8 Å². The van der Waals surface area contributed by atoms with Crippen LogP contribution in [-0.4, -0.2) is 46.8 Å². The molecule has 2 fully saturated rings. The van der Waals surface area contributed by atoms with Crippen molar-refractivity contribution in [3.63, 3.8) is 0 Å². The van der Waals surface area contributed by atoms with Gasteiger partial charge in [-0.05, 0) is 72.0 Å². The van der Waals surface area contributed by atoms with Gasteiger partial charge in [0.15, 0.2) is 0 Å². The van der Waals surface area contributed by atoms with Crippen molar-refractivity contribution in [2.75, 3.05) is 19.6 Å². The number of ether oxygens (including phenoxy) is 1. The summed E-state index contributed by atoms with van der Waals surface area (Å²) >= 11 is 0. The lowest BCUT2D eigenvalue weighted by atomic mass is 9.76. The normalized spacial score (nSPS) is 16.3. The van der Waals surface area contributed by atoms with Crippen LogP contribution in [0.4, 0.5) is 13.2 Å². The summed E-state index contributed by atoms with van der Waals surface area (Å²) in [6.45, 7) is 6.00. The maximum Gasteiger partial charge on any atom is 0.416 e. The summed E-state index contributed by atoms with van der Waals surface area (Å²) in [7, 11) is 0. The molecular weight excluding hydrogens is 493 g/mol. The van der Waals surface area contributed by atoms with Gasteiger partial charge >= 0.3 is 6.18 Å². The first-order valence-electron chi connectivity index (χ1n) is 12.7. The van der Waals surface area contributed by atoms with Gasteiger partial charge in [-0.2, -0.15) is 13.2 Å². The van der Waals surface area contributed by atoms with Gasteiger partial charge in [0.2, 0.25) is 5.91 Å². The van der Waals surface area contributed by atoms with E-state index in [-0.39, 0.29) is 23.1 Å². The highest BCUT2D eigenvalue weighted by atomic mass is 19.4. The van der Waals surface area contributed by atoms with Crippen LogP contribution in [0.15, 0.2) is 72.8 Å². The largest absolute Gasteiger partial charge is 0.457 e. The number of hydrogen-bond acceptors (Lipinski definition) is 3. The van der Waals surface area contributed by atoms with E-state index in [1.807, 2.05) is 17.0 Å². The van der Waals surface area contributed by atoms with Crippen LogP contribution in [0, 0.1) is 0 Å². The number of rotatable bonds is 6. The molecule has 0 bridgehead atoms. The second kappa shape index (κ2) is 9.82. The summed E-state index contributed by atoms with van der Waals surface area (Å²) < 4.78 is 43.8. The Labute approximate surface area is 219 Å². The zero-order valence-corrected chi connectivity index (χ0v) is 21.3. The maximum atomic E-state index is 13.0. The zero-order chi connectivity index (χ0) is 27.1. The Kier molecular flexibility index (Phi) is 6.67. The predicted molar refractivity (Wildman–Crippen MR) is 137 cm³/mol. The number of halogens is 3. The lowest BCUT2D eigenvalue weighted by Crippen LogP contribution is -2.78. The first kappa shape index (κ1) is 25.8. The van der Waals surface area contributed by atoms with E-state index in [1.165, 1.54) is 17.7 Å². The fraction of sp³-hybridized carbons (Fsp3) is 0.333. The Morgan fingerprint density at radius 2 is 1.47 bits per heavy atom. The number of likely N-dealkylation sites (tertiary alicyclic amines) is 2. The van der Waals surface area contributed by atoms with E-state index in [0.29, 0.717) is 43.3 Å². The van der Waals surface area contributed by atoms with Crippen molar-refractivity contribution in [2.24, 2.45) is 0 Å². The third-order valence-corrected chi connectivity index (χ3v) is 7.45. The van der Waals surface area contributed by atoms with E-state index in [2.05, 4.69) is 26.0 Å². The molecule has 0 N–H and O–H groups in total. The van der Waals surface area contributed by atoms with E-state index < -0.39 is 11.7 Å². The van der Waals surface area contributed by atoms with E-state index >= 15 is 0 Å². The van der Waals surface area contributed by atoms with Gasteiger partial charge in [-0.1, -0.05) is 38.1 Å². The SMILES string of the molecule is CC(C)c1ccc(CC(=O)N2CCC23CN(C(=O)c2ccc(Oc4ccc(C(F)(F)F)cc4)cc2)C3)cc1. The van der Waals surface area contributed by atoms with Gasteiger partial charge in [0.25, 0.3) is 5.91 Å². The van der Waals surface area contributed by atoms with Crippen LogP contribution in [0.2, 0.25) is 0 Å². The summed E-state index contributed by atoms with van der Waals surface area (Å²) in [5.74, 6) is 1.09. The maximum absolute atomic E-state index is 13.0. The number of alkyl halides is 3. The van der Waals surface area contributed by atoms with Crippen LogP contribution in [0.25, 0.3) is 0 Å². The van der Waals surface area contributed by atoms with Gasteiger partial charge in [-0.3, -0.25) is 9.59 Å². The topological polar surface area (TPSA) is 49.9 Å². The number of carbonyl (C=O) groups is 2. The van der Waals surface area contributed by atoms with Gasteiger partial charge < -0.3 is 14.5 Å². The molecule has 2 aliphatic rings. The molecule has 2 amide bonds. The minimum atomic E-state index is -4.40. The lowest BCUT2D eigenvalue weighted by molar-refractivity contribution is -0.161. The predicted octanol–water partition coefficient (Wildman–Crippen LogP) is 6.29. The van der Waals surface area contributed by atoms with Crippen LogP contribution in [-0.2, 0) is 17.4 Å². The third kappa shape index (κ3) is 5.12. The summed E-state index contributed by atoms with van der Waals surface area (Å²) in [5, 5.41) is 0. The number of amides is 2. The molecule has 2 aliphatic heterocycles. The van der Waals surface area contributed by atoms with Gasteiger partial charge in [0, 0.05) is 25.2 Å². The molecule has 8 heteroatoms. The number of benzene rings is 3. The highest BCUT2D eigenvalue weighted by molar-refractivity contribution is 5.95. The molecule has 5 rings (SSSR count). The zero-order valence-electron chi connectivity index (χ0n) is 21.3. The first-order valence-corrected chi connectivity index (χ1v) is 12.7. The van der Waals surface area contributed by atoms with Gasteiger partial charge in [-0.15, -0.1) is 0 Å². The molecule has 2 saturated heterocycles. The summed E-state index contributed by atoms with van der Waals surface area (Å²) in [4.78, 5) is 29.6. The fourth-order valence-electron chi connectivity index (χ4n) is 5.05. The summed E-state index contributed by atoms with van der Waals surface area (Å²) in [6, 6.07) is 19.1. The molecule has 5 nitrogen and oxygen atoms in total. The molecule has 0 aromatic heterocycles. The molecule has 3 aromatic carbocycles. The molecule has 0 saturated carbocycles. The molecule has 0 unspecified atom stereocenters. The smallest absolute Gasteiger partial charge is 0.416 e. The molecule has 38 heavy (non-hydrogen) atoms. The van der Waals surface area contributed by atoms with Crippen molar-refractivity contribution in [3.05, 3.63) is 95.1 Å². The third-order valence-electron chi connectivity index (χ3n) is 7.45. The minimum absolute atomic E-state index is 0.0883. The monoisotopic (exact) mass is 522 g/mol. The lowest BCUT2D eigenvalue weighted by Gasteiger charge is -2.62. The van der Waals surface area contributed by atoms with Crippen molar-refractivity contribution < 1.29 is 27.5 Å². The number of nitrogens with zero attached hydrogens (tertiary/aromatic N) is 2. The molecule has 2 heterocycles. The molecule has 0 radical (unpaired) electrons. The fourth-order valence-corrected chi connectivity index (χ4v) is 5.05. The molecule has 198 valence electrons. The standard InChI is InChI=1S/C30H29F3N2O3/c1-20(2)22-5-3-21(4-6-22)17-27(36)35-16-15-29(35)18-34(19-29)28(37)23-7-11-25(12-8-23)38-26-13-9-24(10-14-26)30(31,32)33/h3-14,20H,15-19H2,1-2H3.